The zero-order valence-corrected chi connectivity index (χ0v) is 12.9. The lowest BCUT2D eigenvalue weighted by Gasteiger charge is -2.30. The van der Waals surface area contributed by atoms with Gasteiger partial charge in [0, 0.05) is 19.6 Å². The molecule has 0 aliphatic heterocycles. The minimum atomic E-state index is -0.0380. The molecule has 114 valence electrons. The summed E-state index contributed by atoms with van der Waals surface area (Å²) in [4.78, 5) is 4.53. The number of ether oxygens (including phenoxy) is 1. The van der Waals surface area contributed by atoms with E-state index in [-0.39, 0.29) is 6.10 Å². The van der Waals surface area contributed by atoms with Crippen molar-refractivity contribution in [3.63, 3.8) is 0 Å². The molecule has 2 rings (SSSR count). The van der Waals surface area contributed by atoms with Crippen molar-refractivity contribution >= 4 is 0 Å². The van der Waals surface area contributed by atoms with Crippen LogP contribution in [0.5, 0.6) is 0 Å². The monoisotopic (exact) mass is 281 g/mol. The molecule has 20 heavy (non-hydrogen) atoms. The maximum absolute atomic E-state index is 5.43. The number of hydrogen-bond donors (Lipinski definition) is 1. The number of hydrogen-bond acceptors (Lipinski definition) is 5. The first kappa shape index (κ1) is 15.4. The van der Waals surface area contributed by atoms with Gasteiger partial charge < -0.3 is 14.6 Å². The summed E-state index contributed by atoms with van der Waals surface area (Å²) in [6.07, 6.45) is 7.93. The fourth-order valence-corrected chi connectivity index (χ4v) is 3.15. The number of aromatic nitrogens is 2. The molecule has 3 atom stereocenters. The predicted octanol–water partition coefficient (Wildman–Crippen LogP) is 2.88. The summed E-state index contributed by atoms with van der Waals surface area (Å²) >= 11 is 0. The molecule has 0 spiro atoms. The van der Waals surface area contributed by atoms with E-state index in [9.17, 15) is 0 Å². The van der Waals surface area contributed by atoms with Crippen molar-refractivity contribution in [2.45, 2.75) is 64.0 Å². The fourth-order valence-electron chi connectivity index (χ4n) is 3.15. The topological polar surface area (TPSA) is 60.2 Å². The molecular weight excluding hydrogens is 254 g/mol. The molecule has 5 nitrogen and oxygen atoms in total. The maximum atomic E-state index is 5.43. The predicted molar refractivity (Wildman–Crippen MR) is 77.5 cm³/mol. The molecule has 1 N–H and O–H groups in total. The Bertz CT molecular complexity index is 394. The van der Waals surface area contributed by atoms with Crippen molar-refractivity contribution in [1.82, 2.24) is 15.5 Å². The minimum absolute atomic E-state index is 0.0380. The van der Waals surface area contributed by atoms with E-state index in [1.807, 2.05) is 7.05 Å². The molecule has 0 saturated heterocycles. The van der Waals surface area contributed by atoms with E-state index in [4.69, 9.17) is 9.26 Å². The maximum Gasteiger partial charge on any atom is 0.227 e. The van der Waals surface area contributed by atoms with E-state index in [0.29, 0.717) is 17.8 Å². The second kappa shape index (κ2) is 7.74. The third-order valence-corrected chi connectivity index (χ3v) is 4.32. The van der Waals surface area contributed by atoms with E-state index in [1.54, 1.807) is 7.11 Å². The van der Waals surface area contributed by atoms with Gasteiger partial charge >= 0.3 is 0 Å². The highest BCUT2D eigenvalue weighted by molar-refractivity contribution is 4.94. The molecule has 1 aromatic heterocycles. The molecule has 1 aliphatic carbocycles. The highest BCUT2D eigenvalue weighted by atomic mass is 16.5. The Morgan fingerprint density at radius 1 is 1.40 bits per heavy atom. The summed E-state index contributed by atoms with van der Waals surface area (Å²) in [5.74, 6) is 2.06. The van der Waals surface area contributed by atoms with Crippen molar-refractivity contribution in [3.05, 3.63) is 11.7 Å². The molecule has 0 amide bonds. The largest absolute Gasteiger partial charge is 0.373 e. The van der Waals surface area contributed by atoms with Crippen LogP contribution in [0.2, 0.25) is 0 Å². The van der Waals surface area contributed by atoms with Crippen molar-refractivity contribution in [1.29, 1.82) is 0 Å². The molecule has 0 aromatic carbocycles. The standard InChI is InChI=1S/C15H27N3O2/c1-4-7-13(19-3)15-17-14(20-18-15)10-11-8-5-6-9-12(11)16-2/h11-13,16H,4-10H2,1-3H3. The third-order valence-electron chi connectivity index (χ3n) is 4.32. The summed E-state index contributed by atoms with van der Waals surface area (Å²) in [5.41, 5.74) is 0. The molecular formula is C15H27N3O2. The lowest BCUT2D eigenvalue weighted by molar-refractivity contribution is 0.0854. The summed E-state index contributed by atoms with van der Waals surface area (Å²) in [6.45, 7) is 2.13. The Labute approximate surface area is 121 Å². The summed E-state index contributed by atoms with van der Waals surface area (Å²) in [5, 5.41) is 7.51. The van der Waals surface area contributed by atoms with Crippen molar-refractivity contribution < 1.29 is 9.26 Å². The van der Waals surface area contributed by atoms with Crippen LogP contribution in [0.15, 0.2) is 4.52 Å². The van der Waals surface area contributed by atoms with E-state index < -0.39 is 0 Å². The smallest absolute Gasteiger partial charge is 0.227 e. The van der Waals surface area contributed by atoms with Gasteiger partial charge in [-0.25, -0.2) is 0 Å². The Morgan fingerprint density at radius 3 is 2.90 bits per heavy atom. The highest BCUT2D eigenvalue weighted by Crippen LogP contribution is 2.27. The van der Waals surface area contributed by atoms with Crippen LogP contribution in [-0.4, -0.2) is 30.3 Å². The van der Waals surface area contributed by atoms with Gasteiger partial charge in [0.2, 0.25) is 11.7 Å². The first-order valence-corrected chi connectivity index (χ1v) is 7.81. The van der Waals surface area contributed by atoms with E-state index >= 15 is 0 Å². The van der Waals surface area contributed by atoms with Gasteiger partial charge in [-0.15, -0.1) is 0 Å². The van der Waals surface area contributed by atoms with Crippen LogP contribution >= 0.6 is 0 Å². The zero-order chi connectivity index (χ0) is 14.4. The molecule has 0 bridgehead atoms. The molecule has 1 aromatic rings. The second-order valence-corrected chi connectivity index (χ2v) is 5.70. The van der Waals surface area contributed by atoms with Crippen LogP contribution in [0.3, 0.4) is 0 Å². The van der Waals surface area contributed by atoms with E-state index in [0.717, 1.165) is 25.2 Å². The summed E-state index contributed by atoms with van der Waals surface area (Å²) < 4.78 is 10.8. The SMILES string of the molecule is CCCC(OC)c1noc(CC2CCCCC2NC)n1. The lowest BCUT2D eigenvalue weighted by Crippen LogP contribution is -2.37. The van der Waals surface area contributed by atoms with Gasteiger partial charge in [-0.2, -0.15) is 4.98 Å². The quantitative estimate of drug-likeness (QED) is 0.832. The van der Waals surface area contributed by atoms with Gasteiger partial charge in [0.1, 0.15) is 6.10 Å². The number of methoxy groups -OCH3 is 1. The number of nitrogens with one attached hydrogen (secondary N) is 1. The molecule has 1 saturated carbocycles. The summed E-state index contributed by atoms with van der Waals surface area (Å²) in [7, 11) is 3.75. The Morgan fingerprint density at radius 2 is 2.20 bits per heavy atom. The van der Waals surface area contributed by atoms with Crippen LogP contribution in [0.1, 0.15) is 63.3 Å². The Kier molecular flexibility index (Phi) is 5.98. The van der Waals surface area contributed by atoms with E-state index in [1.165, 1.54) is 25.7 Å². The Hall–Kier alpha value is -0.940. The zero-order valence-electron chi connectivity index (χ0n) is 12.9. The third kappa shape index (κ3) is 3.79. The van der Waals surface area contributed by atoms with Crippen LogP contribution in [-0.2, 0) is 11.2 Å². The van der Waals surface area contributed by atoms with Gasteiger partial charge in [0.05, 0.1) is 0 Å². The van der Waals surface area contributed by atoms with Crippen LogP contribution in [0, 0.1) is 5.92 Å². The van der Waals surface area contributed by atoms with Crippen molar-refractivity contribution in [2.24, 2.45) is 5.92 Å². The van der Waals surface area contributed by atoms with Gasteiger partial charge in [0.15, 0.2) is 0 Å². The van der Waals surface area contributed by atoms with Gasteiger partial charge in [-0.3, -0.25) is 0 Å². The first-order valence-electron chi connectivity index (χ1n) is 7.81. The molecule has 1 fully saturated rings. The number of nitrogens with zero attached hydrogens (tertiary/aromatic N) is 2. The molecule has 3 unspecified atom stereocenters. The lowest BCUT2D eigenvalue weighted by atomic mass is 9.82. The second-order valence-electron chi connectivity index (χ2n) is 5.70. The van der Waals surface area contributed by atoms with Crippen LogP contribution < -0.4 is 5.32 Å². The Balaban J connectivity index is 1.97. The van der Waals surface area contributed by atoms with Crippen molar-refractivity contribution in [3.8, 4) is 0 Å². The van der Waals surface area contributed by atoms with Gasteiger partial charge in [-0.05, 0) is 32.2 Å². The highest BCUT2D eigenvalue weighted by Gasteiger charge is 2.26. The molecule has 1 aliphatic rings. The normalized spacial score (nSPS) is 24.8. The van der Waals surface area contributed by atoms with E-state index in [2.05, 4.69) is 22.4 Å². The first-order chi connectivity index (χ1) is 9.78. The van der Waals surface area contributed by atoms with Gasteiger partial charge in [-0.1, -0.05) is 31.3 Å². The van der Waals surface area contributed by atoms with Crippen molar-refractivity contribution in [2.75, 3.05) is 14.2 Å². The summed E-state index contributed by atoms with van der Waals surface area (Å²) in [6, 6.07) is 0.577. The van der Waals surface area contributed by atoms with Crippen LogP contribution in [0.4, 0.5) is 0 Å². The minimum Gasteiger partial charge on any atom is -0.373 e. The van der Waals surface area contributed by atoms with Crippen LogP contribution in [0.25, 0.3) is 0 Å². The average molecular weight is 281 g/mol. The van der Waals surface area contributed by atoms with Gasteiger partial charge in [0.25, 0.3) is 0 Å². The molecule has 5 heteroatoms. The fraction of sp³-hybridized carbons (Fsp3) is 0.867. The molecule has 1 heterocycles. The average Bonchev–Trinajstić information content (AvgIpc) is 2.93. The number of rotatable bonds is 7. The molecule has 0 radical (unpaired) electrons.